The summed E-state index contributed by atoms with van der Waals surface area (Å²) in [5.74, 6) is 0.455. The molecular weight excluding hydrogens is 330 g/mol. The molecule has 25 heavy (non-hydrogen) atoms. The molecule has 6 heteroatoms. The monoisotopic (exact) mass is 349 g/mol. The Hall–Kier alpha value is -2.57. The van der Waals surface area contributed by atoms with Crippen molar-refractivity contribution in [2.24, 2.45) is 5.92 Å². The number of fused-ring (bicyclic) bond motifs is 3. The average molecular weight is 349 g/mol. The smallest absolute Gasteiger partial charge is 0.196 e. The van der Waals surface area contributed by atoms with E-state index in [2.05, 4.69) is 65.7 Å². The zero-order valence-electron chi connectivity index (χ0n) is 14.6. The van der Waals surface area contributed by atoms with Crippen LogP contribution in [0.1, 0.15) is 29.5 Å². The molecule has 0 bridgehead atoms. The molecule has 5 nitrogen and oxygen atoms in total. The second-order valence-corrected chi connectivity index (χ2v) is 7.30. The molecular formula is C19H19N5S. The van der Waals surface area contributed by atoms with Crippen molar-refractivity contribution in [1.29, 1.82) is 10.5 Å². The van der Waals surface area contributed by atoms with Crippen LogP contribution >= 0.6 is 11.8 Å². The van der Waals surface area contributed by atoms with Crippen LogP contribution < -0.4 is 0 Å². The largest absolute Gasteiger partial charge is 0.270 e. The highest BCUT2D eigenvalue weighted by Gasteiger charge is 2.16. The van der Waals surface area contributed by atoms with E-state index in [1.807, 2.05) is 0 Å². The lowest BCUT2D eigenvalue weighted by Crippen LogP contribution is -2.02. The van der Waals surface area contributed by atoms with Crippen LogP contribution in [0.5, 0.6) is 0 Å². The van der Waals surface area contributed by atoms with Gasteiger partial charge in [0.25, 0.3) is 0 Å². The van der Waals surface area contributed by atoms with Crippen molar-refractivity contribution in [2.75, 3.05) is 5.75 Å². The van der Waals surface area contributed by atoms with Crippen LogP contribution in [0.4, 0.5) is 0 Å². The minimum atomic E-state index is -0.156. The van der Waals surface area contributed by atoms with E-state index in [1.165, 1.54) is 33.8 Å². The Bertz CT molecular complexity index is 1020. The number of thioether (sulfide) groups is 1. The maximum Gasteiger partial charge on any atom is 0.196 e. The Labute approximate surface area is 151 Å². The van der Waals surface area contributed by atoms with Gasteiger partial charge < -0.3 is 0 Å². The standard InChI is InChI=1S/C19H19N5S/c1-12-7-14(3)18-16(8-12)13(2)9-17-22-23-19(24(17)18)25-11-15(10-21)5-4-6-20/h7-9,15H,4-5,11H2,1-3H3. The molecule has 126 valence electrons. The molecule has 1 aromatic carbocycles. The highest BCUT2D eigenvalue weighted by molar-refractivity contribution is 7.99. The highest BCUT2D eigenvalue weighted by atomic mass is 32.2. The molecule has 2 heterocycles. The average Bonchev–Trinajstić information content (AvgIpc) is 2.97. The molecule has 0 aliphatic rings. The summed E-state index contributed by atoms with van der Waals surface area (Å²) in [6, 6.07) is 10.8. The first-order valence-electron chi connectivity index (χ1n) is 8.20. The van der Waals surface area contributed by atoms with E-state index in [4.69, 9.17) is 5.26 Å². The molecule has 0 aliphatic carbocycles. The summed E-state index contributed by atoms with van der Waals surface area (Å²) in [6.07, 6.45) is 0.995. The van der Waals surface area contributed by atoms with Crippen LogP contribution in [-0.2, 0) is 0 Å². The summed E-state index contributed by atoms with van der Waals surface area (Å²) < 4.78 is 2.08. The van der Waals surface area contributed by atoms with Crippen molar-refractivity contribution in [1.82, 2.24) is 14.6 Å². The lowest BCUT2D eigenvalue weighted by Gasteiger charge is -2.12. The number of hydrogen-bond acceptors (Lipinski definition) is 5. The summed E-state index contributed by atoms with van der Waals surface area (Å²) in [5.41, 5.74) is 5.55. The Kier molecular flexibility index (Phi) is 4.92. The third kappa shape index (κ3) is 3.31. The van der Waals surface area contributed by atoms with Gasteiger partial charge in [0.15, 0.2) is 10.8 Å². The first-order valence-corrected chi connectivity index (χ1v) is 9.18. The van der Waals surface area contributed by atoms with Gasteiger partial charge in [0, 0.05) is 17.6 Å². The molecule has 3 rings (SSSR count). The van der Waals surface area contributed by atoms with Gasteiger partial charge >= 0.3 is 0 Å². The molecule has 0 fully saturated rings. The summed E-state index contributed by atoms with van der Waals surface area (Å²) in [6.45, 7) is 6.30. The van der Waals surface area contributed by atoms with Crippen molar-refractivity contribution < 1.29 is 0 Å². The zero-order valence-corrected chi connectivity index (χ0v) is 15.4. The lowest BCUT2D eigenvalue weighted by atomic mass is 10.0. The molecule has 1 unspecified atom stereocenters. The van der Waals surface area contributed by atoms with Gasteiger partial charge in [-0.15, -0.1) is 10.2 Å². The number of nitrogens with zero attached hydrogens (tertiary/aromatic N) is 5. The van der Waals surface area contributed by atoms with Crippen LogP contribution in [0.3, 0.4) is 0 Å². The van der Waals surface area contributed by atoms with Gasteiger partial charge in [-0.05, 0) is 50.5 Å². The predicted octanol–water partition coefficient (Wildman–Crippen LogP) is 4.34. The topological polar surface area (TPSA) is 77.8 Å². The molecule has 0 spiro atoms. The molecule has 0 N–H and O–H groups in total. The van der Waals surface area contributed by atoms with E-state index in [0.29, 0.717) is 18.6 Å². The number of hydrogen-bond donors (Lipinski definition) is 0. The number of rotatable bonds is 5. The fourth-order valence-electron chi connectivity index (χ4n) is 3.11. The maximum atomic E-state index is 9.26. The predicted molar refractivity (Wildman–Crippen MR) is 99.4 cm³/mol. The fourth-order valence-corrected chi connectivity index (χ4v) is 4.11. The molecule has 2 aromatic heterocycles. The van der Waals surface area contributed by atoms with Gasteiger partial charge in [0.2, 0.25) is 0 Å². The van der Waals surface area contributed by atoms with E-state index in [0.717, 1.165) is 16.3 Å². The molecule has 0 radical (unpaired) electrons. The number of nitriles is 2. The fraction of sp³-hybridized carbons (Fsp3) is 0.368. The second-order valence-electron chi connectivity index (χ2n) is 6.32. The SMILES string of the molecule is Cc1cc(C)c2c(c1)c(C)cc1nnc(SCC(C#N)CCC#N)n12. The quantitative estimate of drug-likeness (QED) is 0.640. The van der Waals surface area contributed by atoms with Crippen molar-refractivity contribution in [2.45, 2.75) is 38.8 Å². The van der Waals surface area contributed by atoms with Gasteiger partial charge in [0.05, 0.1) is 23.6 Å². The molecule has 0 saturated carbocycles. The third-order valence-corrected chi connectivity index (χ3v) is 5.39. The van der Waals surface area contributed by atoms with Crippen LogP contribution in [0, 0.1) is 49.4 Å². The summed E-state index contributed by atoms with van der Waals surface area (Å²) in [4.78, 5) is 0. The Morgan fingerprint density at radius 1 is 1.12 bits per heavy atom. The van der Waals surface area contributed by atoms with Crippen LogP contribution in [0.25, 0.3) is 16.6 Å². The van der Waals surface area contributed by atoms with Gasteiger partial charge in [-0.3, -0.25) is 4.40 Å². The van der Waals surface area contributed by atoms with Crippen LogP contribution in [-0.4, -0.2) is 20.4 Å². The van der Waals surface area contributed by atoms with E-state index in [1.54, 1.807) is 0 Å². The van der Waals surface area contributed by atoms with Crippen LogP contribution in [0.2, 0.25) is 0 Å². The van der Waals surface area contributed by atoms with E-state index >= 15 is 0 Å². The Morgan fingerprint density at radius 3 is 2.64 bits per heavy atom. The number of aromatic nitrogens is 3. The molecule has 1 atom stereocenters. The highest BCUT2D eigenvalue weighted by Crippen LogP contribution is 2.30. The first-order chi connectivity index (χ1) is 12.0. The van der Waals surface area contributed by atoms with Crippen LogP contribution in [0.15, 0.2) is 23.4 Å². The molecule has 0 amide bonds. The molecule has 0 aliphatic heterocycles. The summed E-state index contributed by atoms with van der Waals surface area (Å²) in [7, 11) is 0. The van der Waals surface area contributed by atoms with E-state index in [9.17, 15) is 5.26 Å². The van der Waals surface area contributed by atoms with Crippen molar-refractivity contribution >= 4 is 28.3 Å². The maximum absolute atomic E-state index is 9.26. The molecule has 3 aromatic rings. The van der Waals surface area contributed by atoms with Gasteiger partial charge in [0.1, 0.15) is 0 Å². The number of benzene rings is 1. The summed E-state index contributed by atoms with van der Waals surface area (Å²) in [5, 5.41) is 28.6. The van der Waals surface area contributed by atoms with Crippen molar-refractivity contribution in [3.05, 3.63) is 34.9 Å². The lowest BCUT2D eigenvalue weighted by molar-refractivity contribution is 0.684. The van der Waals surface area contributed by atoms with Gasteiger partial charge in [-0.25, -0.2) is 0 Å². The Morgan fingerprint density at radius 2 is 1.92 bits per heavy atom. The van der Waals surface area contributed by atoms with E-state index in [-0.39, 0.29) is 5.92 Å². The third-order valence-electron chi connectivity index (χ3n) is 4.30. The van der Waals surface area contributed by atoms with Gasteiger partial charge in [-0.1, -0.05) is 23.4 Å². The second kappa shape index (κ2) is 7.13. The summed E-state index contributed by atoms with van der Waals surface area (Å²) >= 11 is 1.53. The number of pyridine rings is 1. The normalized spacial score (nSPS) is 12.2. The molecule has 0 saturated heterocycles. The number of aryl methyl sites for hydroxylation is 3. The minimum absolute atomic E-state index is 0.156. The minimum Gasteiger partial charge on any atom is -0.270 e. The Balaban J connectivity index is 2.05. The first kappa shape index (κ1) is 17.3. The van der Waals surface area contributed by atoms with Gasteiger partial charge in [-0.2, -0.15) is 10.5 Å². The van der Waals surface area contributed by atoms with Crippen molar-refractivity contribution in [3.63, 3.8) is 0 Å². The van der Waals surface area contributed by atoms with Crippen molar-refractivity contribution in [3.8, 4) is 12.1 Å². The zero-order chi connectivity index (χ0) is 18.0. The van der Waals surface area contributed by atoms with E-state index < -0.39 is 0 Å².